The molecule has 3 nitrogen and oxygen atoms in total. The molecule has 0 saturated heterocycles. The molecule has 4 heteroatoms. The SMILES string of the molecule is Cc1cc2oc(=O)cc(C[NH2+][C@@H](c3ccccc3)C(C)C)c2cc1Cl. The zero-order valence-electron chi connectivity index (χ0n) is 14.8. The Morgan fingerprint density at radius 1 is 1.12 bits per heavy atom. The number of nitrogens with two attached hydrogens (primary N) is 1. The Bertz CT molecular complexity index is 932. The fourth-order valence-corrected chi connectivity index (χ4v) is 3.40. The highest BCUT2D eigenvalue weighted by Gasteiger charge is 2.20. The lowest BCUT2D eigenvalue weighted by Crippen LogP contribution is -2.84. The first-order valence-electron chi connectivity index (χ1n) is 8.57. The lowest BCUT2D eigenvalue weighted by molar-refractivity contribution is -0.716. The lowest BCUT2D eigenvalue weighted by atomic mass is 9.95. The first-order valence-corrected chi connectivity index (χ1v) is 8.94. The van der Waals surface area contributed by atoms with Gasteiger partial charge < -0.3 is 9.73 Å². The van der Waals surface area contributed by atoms with Crippen LogP contribution in [0.5, 0.6) is 0 Å². The Labute approximate surface area is 152 Å². The van der Waals surface area contributed by atoms with Gasteiger partial charge >= 0.3 is 5.63 Å². The van der Waals surface area contributed by atoms with Gasteiger partial charge in [0.2, 0.25) is 0 Å². The van der Waals surface area contributed by atoms with Gasteiger partial charge in [0.25, 0.3) is 0 Å². The molecule has 1 heterocycles. The third-order valence-electron chi connectivity index (χ3n) is 4.60. The van der Waals surface area contributed by atoms with Gasteiger partial charge in [-0.15, -0.1) is 0 Å². The summed E-state index contributed by atoms with van der Waals surface area (Å²) in [6, 6.07) is 16.1. The van der Waals surface area contributed by atoms with Crippen LogP contribution in [0.3, 0.4) is 0 Å². The summed E-state index contributed by atoms with van der Waals surface area (Å²) in [7, 11) is 0. The number of quaternary nitrogens is 1. The Hall–Kier alpha value is -2.10. The van der Waals surface area contributed by atoms with Crippen LogP contribution in [-0.4, -0.2) is 0 Å². The van der Waals surface area contributed by atoms with E-state index in [1.165, 1.54) is 5.56 Å². The van der Waals surface area contributed by atoms with E-state index in [-0.39, 0.29) is 5.63 Å². The van der Waals surface area contributed by atoms with Crippen LogP contribution in [0.25, 0.3) is 11.0 Å². The topological polar surface area (TPSA) is 46.8 Å². The molecule has 0 saturated carbocycles. The summed E-state index contributed by atoms with van der Waals surface area (Å²) in [5.41, 5.74) is 3.42. The first-order chi connectivity index (χ1) is 12.0. The van der Waals surface area contributed by atoms with E-state index in [2.05, 4.69) is 43.4 Å². The number of rotatable bonds is 5. The van der Waals surface area contributed by atoms with Crippen molar-refractivity contribution in [1.82, 2.24) is 0 Å². The van der Waals surface area contributed by atoms with Gasteiger partial charge in [-0.3, -0.25) is 0 Å². The highest BCUT2D eigenvalue weighted by Crippen LogP contribution is 2.25. The molecule has 2 aromatic carbocycles. The minimum atomic E-state index is -0.321. The maximum atomic E-state index is 11.9. The normalized spacial score (nSPS) is 12.7. The number of benzene rings is 2. The van der Waals surface area contributed by atoms with E-state index in [1.807, 2.05) is 25.1 Å². The smallest absolute Gasteiger partial charge is 0.336 e. The van der Waals surface area contributed by atoms with Crippen LogP contribution in [0.4, 0.5) is 0 Å². The van der Waals surface area contributed by atoms with Crippen molar-refractivity contribution >= 4 is 22.6 Å². The predicted molar refractivity (Wildman–Crippen MR) is 102 cm³/mol. The van der Waals surface area contributed by atoms with Crippen LogP contribution in [0, 0.1) is 12.8 Å². The summed E-state index contributed by atoms with van der Waals surface area (Å²) in [6.45, 7) is 7.03. The molecule has 3 aromatic rings. The van der Waals surface area contributed by atoms with Crippen molar-refractivity contribution in [1.29, 1.82) is 0 Å². The summed E-state index contributed by atoms with van der Waals surface area (Å²) in [5, 5.41) is 3.87. The molecule has 0 unspecified atom stereocenters. The van der Waals surface area contributed by atoms with Gasteiger partial charge in [-0.05, 0) is 24.6 Å². The fraction of sp³-hybridized carbons (Fsp3) is 0.286. The second-order valence-corrected chi connectivity index (χ2v) is 7.22. The summed E-state index contributed by atoms with van der Waals surface area (Å²) in [4.78, 5) is 11.9. The number of fused-ring (bicyclic) bond motifs is 1. The largest absolute Gasteiger partial charge is 0.423 e. The molecule has 130 valence electrons. The Balaban J connectivity index is 1.94. The zero-order chi connectivity index (χ0) is 18.0. The molecule has 0 radical (unpaired) electrons. The Morgan fingerprint density at radius 2 is 1.84 bits per heavy atom. The molecule has 3 rings (SSSR count). The third kappa shape index (κ3) is 3.94. The molecular formula is C21H23ClNO2+. The van der Waals surface area contributed by atoms with E-state index in [1.54, 1.807) is 6.07 Å². The molecule has 1 aromatic heterocycles. The van der Waals surface area contributed by atoms with E-state index in [4.69, 9.17) is 16.0 Å². The molecule has 0 bridgehead atoms. The van der Waals surface area contributed by atoms with Crippen LogP contribution in [0.1, 0.15) is 36.6 Å². The van der Waals surface area contributed by atoms with E-state index in [9.17, 15) is 4.79 Å². The molecule has 0 fully saturated rings. The quantitative estimate of drug-likeness (QED) is 0.696. The van der Waals surface area contributed by atoms with Gasteiger partial charge in [-0.25, -0.2) is 4.79 Å². The second-order valence-electron chi connectivity index (χ2n) is 6.81. The molecule has 2 N–H and O–H groups in total. The maximum absolute atomic E-state index is 11.9. The Morgan fingerprint density at radius 3 is 2.52 bits per heavy atom. The fourth-order valence-electron chi connectivity index (χ4n) is 3.24. The van der Waals surface area contributed by atoms with Gasteiger partial charge in [0, 0.05) is 33.5 Å². The van der Waals surface area contributed by atoms with Gasteiger partial charge in [-0.2, -0.15) is 0 Å². The molecular weight excluding hydrogens is 334 g/mol. The molecule has 0 amide bonds. The monoisotopic (exact) mass is 356 g/mol. The predicted octanol–water partition coefficient (Wildman–Crippen LogP) is 4.22. The summed E-state index contributed by atoms with van der Waals surface area (Å²) in [6.07, 6.45) is 0. The van der Waals surface area contributed by atoms with E-state index in [0.717, 1.165) is 16.5 Å². The molecule has 0 aliphatic heterocycles. The minimum Gasteiger partial charge on any atom is -0.423 e. The van der Waals surface area contributed by atoms with Gasteiger partial charge in [-0.1, -0.05) is 55.8 Å². The van der Waals surface area contributed by atoms with E-state index < -0.39 is 0 Å². The lowest BCUT2D eigenvalue weighted by Gasteiger charge is -2.20. The molecule has 25 heavy (non-hydrogen) atoms. The van der Waals surface area contributed by atoms with Crippen LogP contribution in [0.15, 0.2) is 57.7 Å². The van der Waals surface area contributed by atoms with Crippen molar-refractivity contribution in [2.45, 2.75) is 33.4 Å². The summed E-state index contributed by atoms with van der Waals surface area (Å²) >= 11 is 6.28. The number of hydrogen-bond donors (Lipinski definition) is 1. The average Bonchev–Trinajstić information content (AvgIpc) is 2.57. The summed E-state index contributed by atoms with van der Waals surface area (Å²) in [5.74, 6) is 0.472. The van der Waals surface area contributed by atoms with Gasteiger partial charge in [0.15, 0.2) is 0 Å². The van der Waals surface area contributed by atoms with Crippen molar-refractivity contribution in [2.75, 3.05) is 0 Å². The van der Waals surface area contributed by atoms with Crippen molar-refractivity contribution in [3.05, 3.63) is 80.7 Å². The number of aryl methyl sites for hydroxylation is 1. The highest BCUT2D eigenvalue weighted by atomic mass is 35.5. The van der Waals surface area contributed by atoms with Crippen LogP contribution in [-0.2, 0) is 6.54 Å². The van der Waals surface area contributed by atoms with Crippen LogP contribution < -0.4 is 10.9 Å². The van der Waals surface area contributed by atoms with Crippen LogP contribution >= 0.6 is 11.6 Å². The number of halogens is 1. The van der Waals surface area contributed by atoms with Crippen LogP contribution in [0.2, 0.25) is 5.02 Å². The minimum absolute atomic E-state index is 0.321. The van der Waals surface area contributed by atoms with E-state index in [0.29, 0.717) is 29.1 Å². The van der Waals surface area contributed by atoms with Crippen molar-refractivity contribution in [3.63, 3.8) is 0 Å². The average molecular weight is 357 g/mol. The van der Waals surface area contributed by atoms with Gasteiger partial charge in [0.1, 0.15) is 18.2 Å². The molecule has 1 atom stereocenters. The van der Waals surface area contributed by atoms with Crippen molar-refractivity contribution in [2.24, 2.45) is 5.92 Å². The first kappa shape index (κ1) is 17.7. The highest BCUT2D eigenvalue weighted by molar-refractivity contribution is 6.32. The zero-order valence-corrected chi connectivity index (χ0v) is 15.5. The molecule has 0 aliphatic rings. The number of hydrogen-bond acceptors (Lipinski definition) is 2. The molecule has 0 spiro atoms. The maximum Gasteiger partial charge on any atom is 0.336 e. The van der Waals surface area contributed by atoms with Crippen molar-refractivity contribution in [3.8, 4) is 0 Å². The van der Waals surface area contributed by atoms with Crippen molar-refractivity contribution < 1.29 is 9.73 Å². The third-order valence-corrected chi connectivity index (χ3v) is 5.01. The van der Waals surface area contributed by atoms with Gasteiger partial charge in [0.05, 0.1) is 0 Å². The summed E-state index contributed by atoms with van der Waals surface area (Å²) < 4.78 is 5.35. The van der Waals surface area contributed by atoms with E-state index >= 15 is 0 Å². The second kappa shape index (κ2) is 7.42. The Kier molecular flexibility index (Phi) is 5.26. The molecule has 0 aliphatic carbocycles. The standard InChI is InChI=1S/C21H22ClNO2/c1-13(2)21(15-7-5-4-6-8-15)23-12-16-10-20(24)25-19-9-14(3)18(22)11-17(16)19/h4-11,13,21,23H,12H2,1-3H3/p+1/t21-/m1/s1.